The van der Waals surface area contributed by atoms with Crippen molar-refractivity contribution in [2.24, 2.45) is 5.92 Å². The van der Waals surface area contributed by atoms with Crippen molar-refractivity contribution in [3.05, 3.63) is 30.3 Å². The van der Waals surface area contributed by atoms with E-state index >= 15 is 0 Å². The zero-order valence-corrected chi connectivity index (χ0v) is 13.1. The van der Waals surface area contributed by atoms with E-state index in [0.717, 1.165) is 0 Å². The van der Waals surface area contributed by atoms with Gasteiger partial charge in [0, 0.05) is 12.0 Å². The number of piperidine rings is 2. The van der Waals surface area contributed by atoms with Crippen LogP contribution >= 0.6 is 0 Å². The maximum Gasteiger partial charge on any atom is 0.344 e. The Labute approximate surface area is 132 Å². The summed E-state index contributed by atoms with van der Waals surface area (Å²) >= 11 is 0. The number of carbonyl (C=O) groups is 1. The largest absolute Gasteiger partial charge is 0.482 e. The molecule has 0 saturated carbocycles. The second-order valence-electron chi connectivity index (χ2n) is 6.29. The molecule has 0 spiro atoms. The molecule has 1 aromatic rings. The van der Waals surface area contributed by atoms with E-state index < -0.39 is 0 Å². The summed E-state index contributed by atoms with van der Waals surface area (Å²) in [4.78, 5) is 14.4. The highest BCUT2D eigenvalue weighted by molar-refractivity contribution is 5.71. The molecule has 2 fully saturated rings. The highest BCUT2D eigenvalue weighted by Gasteiger charge is 2.33. The average Bonchev–Trinajstić information content (AvgIpc) is 2.59. The van der Waals surface area contributed by atoms with Crippen LogP contribution in [0.5, 0.6) is 5.75 Å². The van der Waals surface area contributed by atoms with Crippen LogP contribution in [-0.4, -0.2) is 43.2 Å². The quantitative estimate of drug-likeness (QED) is 0.784. The van der Waals surface area contributed by atoms with Gasteiger partial charge in [0.15, 0.2) is 6.61 Å². The number of nitrogens with zero attached hydrogens (tertiary/aromatic N) is 1. The van der Waals surface area contributed by atoms with Crippen molar-refractivity contribution in [2.45, 2.75) is 38.1 Å². The highest BCUT2D eigenvalue weighted by Crippen LogP contribution is 2.30. The van der Waals surface area contributed by atoms with Crippen LogP contribution in [0.1, 0.15) is 32.1 Å². The van der Waals surface area contributed by atoms with Crippen LogP contribution < -0.4 is 4.74 Å². The molecule has 22 heavy (non-hydrogen) atoms. The maximum absolute atomic E-state index is 11.9. The molecule has 2 unspecified atom stereocenters. The van der Waals surface area contributed by atoms with Gasteiger partial charge in [-0.3, -0.25) is 4.90 Å². The smallest absolute Gasteiger partial charge is 0.344 e. The second kappa shape index (κ2) is 7.63. The van der Waals surface area contributed by atoms with Gasteiger partial charge in [-0.2, -0.15) is 0 Å². The molecular formula is C18H25NO3. The van der Waals surface area contributed by atoms with Crippen molar-refractivity contribution in [3.8, 4) is 5.75 Å². The molecule has 4 heteroatoms. The van der Waals surface area contributed by atoms with Gasteiger partial charge in [-0.15, -0.1) is 0 Å². The summed E-state index contributed by atoms with van der Waals surface area (Å²) in [6, 6.07) is 10.00. The fourth-order valence-electron chi connectivity index (χ4n) is 3.67. The van der Waals surface area contributed by atoms with E-state index in [4.69, 9.17) is 9.47 Å². The van der Waals surface area contributed by atoms with Crippen molar-refractivity contribution in [3.63, 3.8) is 0 Å². The molecule has 1 aromatic carbocycles. The summed E-state index contributed by atoms with van der Waals surface area (Å²) in [6.45, 7) is 2.96. The number of fused-ring (bicyclic) bond motifs is 1. The first kappa shape index (κ1) is 15.3. The monoisotopic (exact) mass is 303 g/mol. The predicted octanol–water partition coefficient (Wildman–Crippen LogP) is 2.87. The van der Waals surface area contributed by atoms with E-state index in [2.05, 4.69) is 4.90 Å². The minimum absolute atomic E-state index is 0.00882. The van der Waals surface area contributed by atoms with Gasteiger partial charge in [0.05, 0.1) is 6.61 Å². The van der Waals surface area contributed by atoms with Crippen LogP contribution in [-0.2, 0) is 9.53 Å². The highest BCUT2D eigenvalue weighted by atomic mass is 16.6. The van der Waals surface area contributed by atoms with Gasteiger partial charge < -0.3 is 9.47 Å². The zero-order chi connectivity index (χ0) is 15.2. The summed E-state index contributed by atoms with van der Waals surface area (Å²) in [5, 5.41) is 0. The van der Waals surface area contributed by atoms with Gasteiger partial charge in [0.25, 0.3) is 0 Å². The van der Waals surface area contributed by atoms with Gasteiger partial charge in [0.2, 0.25) is 0 Å². The number of hydrogen-bond acceptors (Lipinski definition) is 4. The van der Waals surface area contributed by atoms with E-state index in [1.807, 2.05) is 30.3 Å². The van der Waals surface area contributed by atoms with E-state index in [-0.39, 0.29) is 12.6 Å². The Morgan fingerprint density at radius 2 is 1.91 bits per heavy atom. The van der Waals surface area contributed by atoms with Gasteiger partial charge >= 0.3 is 5.97 Å². The maximum atomic E-state index is 11.9. The normalized spacial score (nSPS) is 25.3. The molecule has 2 heterocycles. The molecule has 0 aromatic heterocycles. The van der Waals surface area contributed by atoms with Crippen molar-refractivity contribution in [2.75, 3.05) is 26.3 Å². The van der Waals surface area contributed by atoms with Crippen LogP contribution in [0.3, 0.4) is 0 Å². The third-order valence-electron chi connectivity index (χ3n) is 4.79. The molecular weight excluding hydrogens is 278 g/mol. The minimum Gasteiger partial charge on any atom is -0.482 e. The van der Waals surface area contributed by atoms with E-state index in [1.54, 1.807) is 0 Å². The number of rotatable bonds is 5. The first-order valence-corrected chi connectivity index (χ1v) is 8.40. The Bertz CT molecular complexity index is 474. The summed E-state index contributed by atoms with van der Waals surface area (Å²) in [7, 11) is 0. The standard InChI is InChI=1S/C18H25NO3/c20-18(14-21-16-8-2-1-3-9-16)22-13-15-7-6-12-19-11-5-4-10-17(15)19/h1-3,8-9,15,17H,4-7,10-14H2. The fraction of sp³-hybridized carbons (Fsp3) is 0.611. The fourth-order valence-corrected chi connectivity index (χ4v) is 3.67. The Hall–Kier alpha value is -1.55. The molecule has 0 aliphatic carbocycles. The zero-order valence-electron chi connectivity index (χ0n) is 13.1. The molecule has 2 saturated heterocycles. The van der Waals surface area contributed by atoms with Crippen LogP contribution in [0, 0.1) is 5.92 Å². The number of esters is 1. The van der Waals surface area contributed by atoms with Crippen molar-refractivity contribution < 1.29 is 14.3 Å². The van der Waals surface area contributed by atoms with Crippen molar-refractivity contribution >= 4 is 5.97 Å². The van der Waals surface area contributed by atoms with Crippen LogP contribution in [0.25, 0.3) is 0 Å². The Kier molecular flexibility index (Phi) is 5.33. The molecule has 0 N–H and O–H groups in total. The Balaban J connectivity index is 1.42. The summed E-state index contributed by atoms with van der Waals surface area (Å²) < 4.78 is 10.9. The lowest BCUT2D eigenvalue weighted by atomic mass is 9.84. The van der Waals surface area contributed by atoms with Crippen LogP contribution in [0.15, 0.2) is 30.3 Å². The molecule has 3 rings (SSSR count). The van der Waals surface area contributed by atoms with Crippen molar-refractivity contribution in [1.29, 1.82) is 0 Å². The van der Waals surface area contributed by atoms with Crippen LogP contribution in [0.4, 0.5) is 0 Å². The number of carbonyl (C=O) groups excluding carboxylic acids is 1. The third kappa shape index (κ3) is 4.01. The lowest BCUT2D eigenvalue weighted by Gasteiger charge is -2.44. The molecule has 2 atom stereocenters. The van der Waals surface area contributed by atoms with Gasteiger partial charge in [0.1, 0.15) is 5.75 Å². The first-order valence-electron chi connectivity index (χ1n) is 8.40. The molecule has 0 radical (unpaired) electrons. The predicted molar refractivity (Wildman–Crippen MR) is 84.8 cm³/mol. The van der Waals surface area contributed by atoms with E-state index in [0.29, 0.717) is 24.3 Å². The third-order valence-corrected chi connectivity index (χ3v) is 4.79. The molecule has 2 aliphatic heterocycles. The lowest BCUT2D eigenvalue weighted by molar-refractivity contribution is -0.149. The first-order chi connectivity index (χ1) is 10.8. The lowest BCUT2D eigenvalue weighted by Crippen LogP contribution is -2.49. The molecule has 0 amide bonds. The van der Waals surface area contributed by atoms with Gasteiger partial charge in [-0.1, -0.05) is 24.6 Å². The number of hydrogen-bond donors (Lipinski definition) is 0. The summed E-state index contributed by atoms with van der Waals surface area (Å²) in [6.07, 6.45) is 6.27. The van der Waals surface area contributed by atoms with Crippen molar-refractivity contribution in [1.82, 2.24) is 4.90 Å². The number of benzene rings is 1. The number of ether oxygens (including phenoxy) is 2. The molecule has 0 bridgehead atoms. The molecule has 4 nitrogen and oxygen atoms in total. The molecule has 2 aliphatic rings. The Morgan fingerprint density at radius 1 is 1.09 bits per heavy atom. The number of para-hydroxylation sites is 1. The topological polar surface area (TPSA) is 38.8 Å². The van der Waals surface area contributed by atoms with Gasteiger partial charge in [-0.05, 0) is 50.9 Å². The van der Waals surface area contributed by atoms with Gasteiger partial charge in [-0.25, -0.2) is 4.79 Å². The van der Waals surface area contributed by atoms with Crippen LogP contribution in [0.2, 0.25) is 0 Å². The molecule has 120 valence electrons. The summed E-state index contributed by atoms with van der Waals surface area (Å²) in [5.41, 5.74) is 0. The summed E-state index contributed by atoms with van der Waals surface area (Å²) in [5.74, 6) is 0.932. The Morgan fingerprint density at radius 3 is 2.77 bits per heavy atom. The second-order valence-corrected chi connectivity index (χ2v) is 6.29. The van der Waals surface area contributed by atoms with E-state index in [9.17, 15) is 4.79 Å². The van der Waals surface area contributed by atoms with E-state index in [1.165, 1.54) is 45.2 Å². The minimum atomic E-state index is -0.267. The average molecular weight is 303 g/mol. The SMILES string of the molecule is O=C(COc1ccccc1)OCC1CCCN2CCCCC12.